The lowest BCUT2D eigenvalue weighted by Gasteiger charge is -2.14. The first kappa shape index (κ1) is 12.5. The maximum Gasteiger partial charge on any atom is 0.163 e. The number of nitrogens with one attached hydrogen (secondary N) is 1. The molecule has 1 aromatic rings. The van der Waals surface area contributed by atoms with Gasteiger partial charge >= 0.3 is 0 Å². The Morgan fingerprint density at radius 3 is 2.71 bits per heavy atom. The number of aliphatic hydroxyl groups is 1. The van der Waals surface area contributed by atoms with Gasteiger partial charge in [0.05, 0.1) is 0 Å². The molecule has 0 unspecified atom stereocenters. The highest BCUT2D eigenvalue weighted by Crippen LogP contribution is 2.47. The highest BCUT2D eigenvalue weighted by Gasteiger charge is 2.41. The van der Waals surface area contributed by atoms with Gasteiger partial charge in [-0.25, -0.2) is 8.78 Å². The van der Waals surface area contributed by atoms with Gasteiger partial charge in [-0.05, 0) is 30.7 Å². The molecule has 0 aromatic heterocycles. The van der Waals surface area contributed by atoms with Crippen LogP contribution in [0.3, 0.4) is 0 Å². The molecule has 0 atom stereocenters. The molecule has 0 bridgehead atoms. The zero-order valence-electron chi connectivity index (χ0n) is 9.68. The van der Waals surface area contributed by atoms with Gasteiger partial charge in [-0.3, -0.25) is 0 Å². The van der Waals surface area contributed by atoms with E-state index in [1.54, 1.807) is 6.07 Å². The van der Waals surface area contributed by atoms with Crippen LogP contribution in [-0.4, -0.2) is 18.3 Å². The van der Waals surface area contributed by atoms with Crippen molar-refractivity contribution >= 4 is 0 Å². The predicted molar refractivity (Wildman–Crippen MR) is 61.4 cm³/mol. The van der Waals surface area contributed by atoms with Crippen LogP contribution in [0.1, 0.15) is 24.8 Å². The fraction of sp³-hybridized carbons (Fsp3) is 0.538. The molecule has 0 aliphatic heterocycles. The summed E-state index contributed by atoms with van der Waals surface area (Å²) in [6, 6.07) is 4.21. The molecule has 2 N–H and O–H groups in total. The average molecular weight is 241 g/mol. The van der Waals surface area contributed by atoms with Crippen molar-refractivity contribution in [3.8, 4) is 0 Å². The van der Waals surface area contributed by atoms with Crippen molar-refractivity contribution in [3.05, 3.63) is 35.4 Å². The first-order valence-corrected chi connectivity index (χ1v) is 5.91. The van der Waals surface area contributed by atoms with Crippen LogP contribution in [0.15, 0.2) is 18.2 Å². The zero-order chi connectivity index (χ0) is 12.3. The summed E-state index contributed by atoms with van der Waals surface area (Å²) in [5.41, 5.74) is 0.545. The lowest BCUT2D eigenvalue weighted by molar-refractivity contribution is 0.245. The van der Waals surface area contributed by atoms with Crippen molar-refractivity contribution < 1.29 is 13.9 Å². The van der Waals surface area contributed by atoms with E-state index >= 15 is 0 Å². The molecule has 0 heterocycles. The Balaban J connectivity index is 1.84. The maximum atomic E-state index is 13.3. The summed E-state index contributed by atoms with van der Waals surface area (Å²) in [5.74, 6) is -1.58. The van der Waals surface area contributed by atoms with Gasteiger partial charge in [0.1, 0.15) is 0 Å². The molecule has 2 nitrogen and oxygen atoms in total. The molecule has 2 rings (SSSR count). The SMILES string of the molecule is OCCC1(CNCc2cccc(F)c2F)CC1. The Morgan fingerprint density at radius 1 is 1.29 bits per heavy atom. The molecule has 0 radical (unpaired) electrons. The van der Waals surface area contributed by atoms with Crippen LogP contribution < -0.4 is 5.32 Å². The molecule has 0 spiro atoms. The first-order valence-electron chi connectivity index (χ1n) is 5.91. The highest BCUT2D eigenvalue weighted by molar-refractivity contribution is 5.18. The molecule has 0 saturated heterocycles. The van der Waals surface area contributed by atoms with Crippen molar-refractivity contribution in [1.29, 1.82) is 0 Å². The second-order valence-electron chi connectivity index (χ2n) is 4.79. The molecule has 94 valence electrons. The van der Waals surface area contributed by atoms with E-state index in [-0.39, 0.29) is 12.0 Å². The summed E-state index contributed by atoms with van der Waals surface area (Å²) in [5, 5.41) is 12.0. The van der Waals surface area contributed by atoms with E-state index in [0.717, 1.165) is 31.9 Å². The zero-order valence-corrected chi connectivity index (χ0v) is 9.68. The van der Waals surface area contributed by atoms with Gasteiger partial charge in [0, 0.05) is 25.3 Å². The first-order chi connectivity index (χ1) is 8.17. The third-order valence-corrected chi connectivity index (χ3v) is 3.45. The molecule has 4 heteroatoms. The predicted octanol–water partition coefficient (Wildman–Crippen LogP) is 2.22. The lowest BCUT2D eigenvalue weighted by atomic mass is 10.0. The molecule has 0 amide bonds. The maximum absolute atomic E-state index is 13.3. The van der Waals surface area contributed by atoms with E-state index in [1.165, 1.54) is 6.07 Å². The van der Waals surface area contributed by atoms with Gasteiger partial charge in [0.2, 0.25) is 0 Å². The summed E-state index contributed by atoms with van der Waals surface area (Å²) in [7, 11) is 0. The van der Waals surface area contributed by atoms with E-state index in [4.69, 9.17) is 5.11 Å². The highest BCUT2D eigenvalue weighted by atomic mass is 19.2. The molecule has 1 aliphatic rings. The van der Waals surface area contributed by atoms with Crippen LogP contribution >= 0.6 is 0 Å². The van der Waals surface area contributed by atoms with Crippen LogP contribution in [0.25, 0.3) is 0 Å². The minimum atomic E-state index is -0.805. The molecular formula is C13H17F2NO. The van der Waals surface area contributed by atoms with Crippen LogP contribution in [0.4, 0.5) is 8.78 Å². The summed E-state index contributed by atoms with van der Waals surface area (Å²) in [4.78, 5) is 0. The van der Waals surface area contributed by atoms with E-state index in [1.807, 2.05) is 0 Å². The Bertz CT molecular complexity index is 391. The van der Waals surface area contributed by atoms with Crippen LogP contribution in [-0.2, 0) is 6.54 Å². The number of rotatable bonds is 6. The molecule has 1 aliphatic carbocycles. The minimum absolute atomic E-state index is 0.190. The molecule has 1 fully saturated rings. The number of hydrogen-bond acceptors (Lipinski definition) is 2. The normalized spacial score (nSPS) is 17.1. The van der Waals surface area contributed by atoms with Crippen molar-refractivity contribution in [1.82, 2.24) is 5.32 Å². The second kappa shape index (κ2) is 5.10. The minimum Gasteiger partial charge on any atom is -0.396 e. The van der Waals surface area contributed by atoms with Gasteiger partial charge in [-0.15, -0.1) is 0 Å². The second-order valence-corrected chi connectivity index (χ2v) is 4.79. The van der Waals surface area contributed by atoms with Crippen molar-refractivity contribution in [2.75, 3.05) is 13.2 Å². The topological polar surface area (TPSA) is 32.3 Å². The average Bonchev–Trinajstić information content (AvgIpc) is 3.05. The Kier molecular flexibility index (Phi) is 3.74. The standard InChI is InChI=1S/C13H17F2NO/c14-11-3-1-2-10(12(11)15)8-16-9-13(4-5-13)6-7-17/h1-3,16-17H,4-9H2. The van der Waals surface area contributed by atoms with E-state index in [9.17, 15) is 8.78 Å². The summed E-state index contributed by atoms with van der Waals surface area (Å²) >= 11 is 0. The molecular weight excluding hydrogens is 224 g/mol. The van der Waals surface area contributed by atoms with Crippen LogP contribution in [0.5, 0.6) is 0 Å². The van der Waals surface area contributed by atoms with Gasteiger partial charge in [-0.2, -0.15) is 0 Å². The smallest absolute Gasteiger partial charge is 0.163 e. The third-order valence-electron chi connectivity index (χ3n) is 3.45. The number of halogens is 2. The lowest BCUT2D eigenvalue weighted by Crippen LogP contribution is -2.25. The fourth-order valence-electron chi connectivity index (χ4n) is 2.08. The van der Waals surface area contributed by atoms with Crippen molar-refractivity contribution in [2.45, 2.75) is 25.8 Å². The Labute approximate surface area is 99.7 Å². The van der Waals surface area contributed by atoms with E-state index in [0.29, 0.717) is 12.1 Å². The molecule has 1 saturated carbocycles. The summed E-state index contributed by atoms with van der Waals surface area (Å²) < 4.78 is 26.3. The van der Waals surface area contributed by atoms with Gasteiger partial charge < -0.3 is 10.4 Å². The Morgan fingerprint density at radius 2 is 2.06 bits per heavy atom. The quantitative estimate of drug-likeness (QED) is 0.800. The van der Waals surface area contributed by atoms with Crippen molar-refractivity contribution in [3.63, 3.8) is 0 Å². The number of aliphatic hydroxyl groups excluding tert-OH is 1. The monoisotopic (exact) mass is 241 g/mol. The van der Waals surface area contributed by atoms with E-state index < -0.39 is 11.6 Å². The molecule has 1 aromatic carbocycles. The van der Waals surface area contributed by atoms with E-state index in [2.05, 4.69) is 5.32 Å². The summed E-state index contributed by atoms with van der Waals surface area (Å²) in [6.45, 7) is 1.27. The van der Waals surface area contributed by atoms with Crippen LogP contribution in [0.2, 0.25) is 0 Å². The Hall–Kier alpha value is -1.00. The number of hydrogen-bond donors (Lipinski definition) is 2. The van der Waals surface area contributed by atoms with Gasteiger partial charge in [0.25, 0.3) is 0 Å². The third kappa shape index (κ3) is 3.01. The van der Waals surface area contributed by atoms with Crippen LogP contribution in [0, 0.1) is 17.0 Å². The largest absolute Gasteiger partial charge is 0.396 e. The van der Waals surface area contributed by atoms with Gasteiger partial charge in [-0.1, -0.05) is 12.1 Å². The fourth-order valence-corrected chi connectivity index (χ4v) is 2.08. The van der Waals surface area contributed by atoms with Gasteiger partial charge in [0.15, 0.2) is 11.6 Å². The number of benzene rings is 1. The summed E-state index contributed by atoms with van der Waals surface area (Å²) in [6.07, 6.45) is 2.99. The molecule has 17 heavy (non-hydrogen) atoms. The van der Waals surface area contributed by atoms with Crippen molar-refractivity contribution in [2.24, 2.45) is 5.41 Å².